The van der Waals surface area contributed by atoms with E-state index in [1.165, 1.54) is 6.07 Å². The minimum absolute atomic E-state index is 0.0116. The summed E-state index contributed by atoms with van der Waals surface area (Å²) in [6, 6.07) is 46.3. The number of rotatable bonds is 6. The lowest BCUT2D eigenvalue weighted by atomic mass is 10.0. The highest BCUT2D eigenvalue weighted by Crippen LogP contribution is 2.52. The third-order valence-corrected chi connectivity index (χ3v) is 17.3. The number of fused-ring (bicyclic) bond motifs is 21. The molecule has 0 amide bonds. The van der Waals surface area contributed by atoms with Gasteiger partial charge in [-0.15, -0.1) is 0 Å². The molecule has 0 radical (unpaired) electrons. The zero-order valence-electron chi connectivity index (χ0n) is 60.6. The molecule has 0 unspecified atom stereocenters. The van der Waals surface area contributed by atoms with E-state index in [4.69, 9.17) is 25.6 Å². The predicted molar refractivity (Wildman–Crippen MR) is 359 cm³/mol. The summed E-state index contributed by atoms with van der Waals surface area (Å²) in [5.74, 6) is 0. The Morgan fingerprint density at radius 3 is 1.05 bits per heavy atom. The van der Waals surface area contributed by atoms with Gasteiger partial charge in [-0.25, -0.2) is 4.85 Å². The average Bonchev–Trinajstić information content (AvgIpc) is 1.54. The average molecular weight is 1140 g/mol. The lowest BCUT2D eigenvalue weighted by Gasteiger charge is -2.24. The van der Waals surface area contributed by atoms with Gasteiger partial charge >= 0.3 is 0 Å². The molecule has 0 aliphatic carbocycles. The number of nitriles is 1. The number of hydrogen-bond donors (Lipinski definition) is 0. The molecular weight excluding hydrogens is 1080 g/mol. The van der Waals surface area contributed by atoms with Crippen LogP contribution in [0.15, 0.2) is 274 Å². The molecule has 19 aromatic rings. The van der Waals surface area contributed by atoms with Crippen molar-refractivity contribution in [1.29, 1.82) is 5.26 Å². The number of furan rings is 3. The van der Waals surface area contributed by atoms with E-state index in [0.29, 0.717) is 104 Å². The second-order valence-electron chi connectivity index (χ2n) is 21.7. The third-order valence-electron chi connectivity index (χ3n) is 17.3. The standard InChI is InChI=1S/C80H43N5O3/c1-82-62-44-52(45-81)75(83-63-35-29-49(46-17-5-2-6-18-46)41-59(63)72-66(83)38-32-56-53-23-11-14-26-69(53)86-78(56)72)77(85-65-37-31-51(48-21-9-4-10-22-48)43-61(65)74-68(85)40-34-58-55-25-13-16-28-71(55)88-80(58)74)76(62)84-64-36-30-50(47-19-7-3-8-20-47)42-60(64)73-67(84)39-33-57-54-24-12-15-27-70(54)87-79(57)73/h2-44H/i2D,3D,4D,5D,6D,7D,8D,9D,10D,17D,18D,19D,20D,21D,22D. The summed E-state index contributed by atoms with van der Waals surface area (Å²) in [5.41, 5.74) is 6.85. The molecule has 19 rings (SSSR count). The molecule has 88 heavy (non-hydrogen) atoms. The Morgan fingerprint density at radius 1 is 0.341 bits per heavy atom. The fourth-order valence-corrected chi connectivity index (χ4v) is 13.7. The van der Waals surface area contributed by atoms with Crippen molar-refractivity contribution < 1.29 is 33.8 Å². The first-order valence-electron chi connectivity index (χ1n) is 35.7. The summed E-state index contributed by atoms with van der Waals surface area (Å²) < 4.78 is 161. The van der Waals surface area contributed by atoms with Gasteiger partial charge in [-0.05, 0) is 130 Å². The van der Waals surface area contributed by atoms with Crippen molar-refractivity contribution in [3.8, 4) is 56.5 Å². The summed E-state index contributed by atoms with van der Waals surface area (Å²) in [4.78, 5) is 4.38. The molecule has 0 aliphatic heterocycles. The van der Waals surface area contributed by atoms with Gasteiger partial charge < -0.3 is 27.0 Å². The van der Waals surface area contributed by atoms with Crippen LogP contribution in [0.3, 0.4) is 0 Å². The lowest BCUT2D eigenvalue weighted by molar-refractivity contribution is 0.672. The van der Waals surface area contributed by atoms with E-state index in [1.807, 2.05) is 123 Å². The van der Waals surface area contributed by atoms with Crippen LogP contribution >= 0.6 is 0 Å². The monoisotopic (exact) mass is 1140 g/mol. The second-order valence-corrected chi connectivity index (χ2v) is 21.7. The summed E-state index contributed by atoms with van der Waals surface area (Å²) in [6.07, 6.45) is 0. The van der Waals surface area contributed by atoms with Crippen LogP contribution in [-0.4, -0.2) is 13.7 Å². The Kier molecular flexibility index (Phi) is 7.33. The van der Waals surface area contributed by atoms with Crippen LogP contribution in [0.5, 0.6) is 0 Å². The maximum absolute atomic E-state index is 12.2. The highest BCUT2D eigenvalue weighted by Gasteiger charge is 2.33. The van der Waals surface area contributed by atoms with Crippen LogP contribution in [-0.2, 0) is 0 Å². The predicted octanol–water partition coefficient (Wildman–Crippen LogP) is 22.1. The highest BCUT2D eigenvalue weighted by atomic mass is 16.3. The third kappa shape index (κ3) is 6.60. The molecule has 0 saturated heterocycles. The fraction of sp³-hybridized carbons (Fsp3) is 0. The van der Waals surface area contributed by atoms with Gasteiger partial charge in [-0.1, -0.05) is 163 Å². The highest BCUT2D eigenvalue weighted by molar-refractivity contribution is 6.28. The minimum Gasteiger partial charge on any atom is -0.455 e. The van der Waals surface area contributed by atoms with Gasteiger partial charge in [0.1, 0.15) is 39.6 Å². The van der Waals surface area contributed by atoms with Crippen molar-refractivity contribution in [1.82, 2.24) is 13.7 Å². The fourth-order valence-electron chi connectivity index (χ4n) is 13.7. The quantitative estimate of drug-likeness (QED) is 0.155. The van der Waals surface area contributed by atoms with Gasteiger partial charge in [0.2, 0.25) is 5.69 Å². The molecule has 0 atom stereocenters. The molecule has 8 heteroatoms. The van der Waals surface area contributed by atoms with Crippen LogP contribution in [0.1, 0.15) is 26.1 Å². The Labute approximate surface area is 521 Å². The molecular formula is C80H43N5O3. The Hall–Kier alpha value is -12.4. The van der Waals surface area contributed by atoms with Crippen molar-refractivity contribution in [2.75, 3.05) is 0 Å². The molecule has 0 bridgehead atoms. The molecule has 0 spiro atoms. The van der Waals surface area contributed by atoms with Crippen LogP contribution in [0.4, 0.5) is 5.69 Å². The van der Waals surface area contributed by atoms with E-state index < -0.39 is 90.6 Å². The second kappa shape index (κ2) is 18.1. The van der Waals surface area contributed by atoms with Crippen molar-refractivity contribution in [2.24, 2.45) is 0 Å². The normalized spacial score (nSPS) is 14.5. The molecule has 8 nitrogen and oxygen atoms in total. The minimum atomic E-state index is -0.568. The molecule has 6 heterocycles. The first-order valence-corrected chi connectivity index (χ1v) is 28.2. The van der Waals surface area contributed by atoms with Crippen LogP contribution in [0.25, 0.3) is 187 Å². The maximum Gasteiger partial charge on any atom is 0.214 e. The van der Waals surface area contributed by atoms with Gasteiger partial charge in [-0.3, -0.25) is 0 Å². The molecule has 406 valence electrons. The molecule has 0 fully saturated rings. The Balaban J connectivity index is 1.05. The number of nitrogens with zero attached hydrogens (tertiary/aromatic N) is 5. The van der Waals surface area contributed by atoms with Crippen molar-refractivity contribution in [3.63, 3.8) is 0 Å². The summed E-state index contributed by atoms with van der Waals surface area (Å²) in [6.45, 7) is 9.49. The molecule has 0 aliphatic rings. The van der Waals surface area contributed by atoms with Gasteiger partial charge in [0.25, 0.3) is 0 Å². The van der Waals surface area contributed by atoms with Gasteiger partial charge in [0, 0.05) is 48.5 Å². The van der Waals surface area contributed by atoms with Crippen molar-refractivity contribution >= 4 is 137 Å². The first-order chi connectivity index (χ1) is 49.8. The van der Waals surface area contributed by atoms with Crippen molar-refractivity contribution in [2.45, 2.75) is 0 Å². The largest absolute Gasteiger partial charge is 0.455 e. The van der Waals surface area contributed by atoms with E-state index in [1.54, 1.807) is 54.6 Å². The number of hydrogen-bond acceptors (Lipinski definition) is 4. The molecule has 0 N–H and O–H groups in total. The Morgan fingerprint density at radius 2 is 0.682 bits per heavy atom. The molecule has 0 saturated carbocycles. The number of aromatic nitrogens is 3. The van der Waals surface area contributed by atoms with Crippen LogP contribution < -0.4 is 0 Å². The summed E-state index contributed by atoms with van der Waals surface area (Å²) >= 11 is 0. The van der Waals surface area contributed by atoms with Gasteiger partial charge in [0.05, 0.1) is 99.0 Å². The zero-order chi connectivity index (χ0) is 70.9. The maximum atomic E-state index is 12.2. The number of benzene rings is 13. The SMILES string of the molecule is [2H]c1c([2H])c([2H])c(-c2ccc3c(c2)c2c4oc5ccccc5c4ccc2n3-c2c(C#N)cc([N+]#[C-])c(-n3c4ccc(-c5c([2H])c([2H])c([2H])c([2H])c5[2H])cc4c4c5oc6ccccc6c5ccc43)c2-n2c3ccc(-c4c([2H])c([2H])c([2H])c([2H])c4[2H])cc3c3c4oc5ccccc5c4ccc32)c([2H])c1[2H]. The number of para-hydroxylation sites is 3. The van der Waals surface area contributed by atoms with Gasteiger partial charge in [-0.2, -0.15) is 5.26 Å². The smallest absolute Gasteiger partial charge is 0.214 e. The van der Waals surface area contributed by atoms with E-state index >= 15 is 0 Å². The molecule has 13 aromatic carbocycles. The summed E-state index contributed by atoms with van der Waals surface area (Å²) in [5, 5.41) is 19.7. The van der Waals surface area contributed by atoms with Crippen molar-refractivity contribution in [3.05, 3.63) is 277 Å². The van der Waals surface area contributed by atoms with E-state index in [-0.39, 0.29) is 61.7 Å². The molecule has 6 aromatic heterocycles. The topological polar surface area (TPSA) is 82.4 Å². The van der Waals surface area contributed by atoms with E-state index in [9.17, 15) is 20.1 Å². The Bertz CT molecular complexity index is 6920. The van der Waals surface area contributed by atoms with Gasteiger partial charge in [0.15, 0.2) is 0 Å². The zero-order valence-corrected chi connectivity index (χ0v) is 45.6. The van der Waals surface area contributed by atoms with Crippen LogP contribution in [0, 0.1) is 17.9 Å². The summed E-state index contributed by atoms with van der Waals surface area (Å²) in [7, 11) is 0. The van der Waals surface area contributed by atoms with E-state index in [2.05, 4.69) is 10.9 Å². The van der Waals surface area contributed by atoms with Crippen LogP contribution in [0.2, 0.25) is 0 Å². The lowest BCUT2D eigenvalue weighted by Crippen LogP contribution is -2.11. The first kappa shape index (κ1) is 35.7. The van der Waals surface area contributed by atoms with E-state index in [0.717, 1.165) is 26.9 Å².